The second kappa shape index (κ2) is 11.0. The highest BCUT2D eigenvalue weighted by molar-refractivity contribution is 14.0. The first kappa shape index (κ1) is 22.1. The Hall–Kier alpha value is -2.17. The topological polar surface area (TPSA) is 87.4 Å². The summed E-state index contributed by atoms with van der Waals surface area (Å²) in [6.45, 7) is 4.72. The maximum Gasteiger partial charge on any atom is 0.227 e. The molecule has 1 aromatic heterocycles. The molecule has 2 heterocycles. The van der Waals surface area contributed by atoms with Gasteiger partial charge in [0.1, 0.15) is 18.7 Å². The molecule has 0 saturated heterocycles. The van der Waals surface area contributed by atoms with Crippen molar-refractivity contribution < 1.29 is 4.79 Å². The molecule has 1 amide bonds. The summed E-state index contributed by atoms with van der Waals surface area (Å²) in [6.07, 6.45) is 3.74. The molecule has 3 rings (SSSR count). The van der Waals surface area contributed by atoms with Crippen LogP contribution in [0.25, 0.3) is 0 Å². The van der Waals surface area contributed by atoms with Gasteiger partial charge in [0.15, 0.2) is 5.96 Å². The van der Waals surface area contributed by atoms with Crippen molar-refractivity contribution in [3.05, 3.63) is 42.0 Å². The number of nitrogens with zero attached hydrogens (tertiary/aromatic N) is 5. The second-order valence-electron chi connectivity index (χ2n) is 6.45. The Morgan fingerprint density at radius 1 is 1.29 bits per heavy atom. The van der Waals surface area contributed by atoms with Crippen LogP contribution >= 0.6 is 24.0 Å². The van der Waals surface area contributed by atoms with Crippen LogP contribution in [0.15, 0.2) is 35.6 Å². The van der Waals surface area contributed by atoms with Crippen molar-refractivity contribution >= 4 is 41.5 Å². The number of carbonyl (C=O) groups is 1. The van der Waals surface area contributed by atoms with Gasteiger partial charge >= 0.3 is 0 Å². The molecule has 1 aromatic carbocycles. The predicted molar refractivity (Wildman–Crippen MR) is 121 cm³/mol. The molecule has 8 nitrogen and oxygen atoms in total. The zero-order valence-corrected chi connectivity index (χ0v) is 18.7. The molecule has 152 valence electrons. The highest BCUT2D eigenvalue weighted by atomic mass is 127. The molecular formula is C19H28IN7O. The number of carbonyl (C=O) groups excluding carboxylic acids is 1. The van der Waals surface area contributed by atoms with Gasteiger partial charge in [-0.1, -0.05) is 18.2 Å². The third-order valence-corrected chi connectivity index (χ3v) is 4.58. The van der Waals surface area contributed by atoms with Crippen molar-refractivity contribution in [1.82, 2.24) is 25.4 Å². The van der Waals surface area contributed by atoms with E-state index in [4.69, 9.17) is 0 Å². The first-order chi connectivity index (χ1) is 13.2. The smallest absolute Gasteiger partial charge is 0.227 e. The predicted octanol–water partition coefficient (Wildman–Crippen LogP) is 1.86. The molecule has 0 radical (unpaired) electrons. The van der Waals surface area contributed by atoms with Gasteiger partial charge in [-0.2, -0.15) is 5.10 Å². The molecule has 2 N–H and O–H groups in total. The molecular weight excluding hydrogens is 469 g/mol. The molecule has 1 aliphatic heterocycles. The van der Waals surface area contributed by atoms with Crippen molar-refractivity contribution in [1.29, 1.82) is 0 Å². The van der Waals surface area contributed by atoms with E-state index >= 15 is 0 Å². The Morgan fingerprint density at radius 3 is 2.86 bits per heavy atom. The van der Waals surface area contributed by atoms with Crippen molar-refractivity contribution in [3.63, 3.8) is 0 Å². The highest BCUT2D eigenvalue weighted by Crippen LogP contribution is 2.27. The number of aryl methyl sites for hydroxylation is 1. The number of benzene rings is 1. The van der Waals surface area contributed by atoms with Crippen LogP contribution in [-0.4, -0.2) is 46.3 Å². The van der Waals surface area contributed by atoms with Gasteiger partial charge in [-0.3, -0.25) is 9.48 Å². The van der Waals surface area contributed by atoms with Gasteiger partial charge in [0.2, 0.25) is 5.91 Å². The number of anilines is 1. The number of hydrogen-bond acceptors (Lipinski definition) is 4. The Labute approximate surface area is 182 Å². The fourth-order valence-corrected chi connectivity index (χ4v) is 3.13. The van der Waals surface area contributed by atoms with Crippen molar-refractivity contribution in [2.24, 2.45) is 12.0 Å². The molecule has 0 unspecified atom stereocenters. The average molecular weight is 497 g/mol. The van der Waals surface area contributed by atoms with Crippen molar-refractivity contribution in [3.8, 4) is 0 Å². The summed E-state index contributed by atoms with van der Waals surface area (Å²) < 4.78 is 1.71. The Bertz CT molecular complexity index is 805. The molecule has 0 fully saturated rings. The normalized spacial score (nSPS) is 13.1. The van der Waals surface area contributed by atoms with E-state index in [0.29, 0.717) is 19.5 Å². The number of aliphatic imine (C=N–C) groups is 1. The Morgan fingerprint density at radius 2 is 2.11 bits per heavy atom. The molecule has 2 aromatic rings. The number of hydrogen-bond donors (Lipinski definition) is 2. The van der Waals surface area contributed by atoms with Crippen LogP contribution in [0.2, 0.25) is 0 Å². The van der Waals surface area contributed by atoms with E-state index in [1.54, 1.807) is 4.68 Å². The number of rotatable bonds is 7. The first-order valence-corrected chi connectivity index (χ1v) is 9.42. The summed E-state index contributed by atoms with van der Waals surface area (Å²) in [6, 6.07) is 8.14. The summed E-state index contributed by atoms with van der Waals surface area (Å²) in [7, 11) is 1.85. The van der Waals surface area contributed by atoms with Gasteiger partial charge in [0.25, 0.3) is 0 Å². The molecule has 28 heavy (non-hydrogen) atoms. The monoisotopic (exact) mass is 497 g/mol. The Balaban J connectivity index is 0.00000280. The lowest BCUT2D eigenvalue weighted by atomic mass is 10.2. The summed E-state index contributed by atoms with van der Waals surface area (Å²) in [5, 5.41) is 10.5. The number of amides is 1. The number of fused-ring (bicyclic) bond motifs is 1. The molecule has 1 aliphatic rings. The average Bonchev–Trinajstić information content (AvgIpc) is 3.29. The third-order valence-electron chi connectivity index (χ3n) is 4.58. The first-order valence-electron chi connectivity index (χ1n) is 9.42. The largest absolute Gasteiger partial charge is 0.357 e. The van der Waals surface area contributed by atoms with Crippen LogP contribution < -0.4 is 15.5 Å². The summed E-state index contributed by atoms with van der Waals surface area (Å²) >= 11 is 0. The maximum absolute atomic E-state index is 12.5. The molecule has 0 atom stereocenters. The van der Waals surface area contributed by atoms with Gasteiger partial charge in [-0.15, -0.1) is 24.0 Å². The van der Waals surface area contributed by atoms with E-state index in [2.05, 4.69) is 31.8 Å². The summed E-state index contributed by atoms with van der Waals surface area (Å²) in [5.74, 6) is 1.71. The van der Waals surface area contributed by atoms with E-state index in [-0.39, 0.29) is 29.9 Å². The zero-order valence-electron chi connectivity index (χ0n) is 16.4. The van der Waals surface area contributed by atoms with E-state index in [1.807, 2.05) is 37.1 Å². The Kier molecular flexibility index (Phi) is 8.68. The van der Waals surface area contributed by atoms with E-state index in [1.165, 1.54) is 11.9 Å². The summed E-state index contributed by atoms with van der Waals surface area (Å²) in [5.41, 5.74) is 2.32. The van der Waals surface area contributed by atoms with Crippen LogP contribution in [0, 0.1) is 0 Å². The van der Waals surface area contributed by atoms with E-state index in [0.717, 1.165) is 43.4 Å². The number of guanidine groups is 1. The van der Waals surface area contributed by atoms with Gasteiger partial charge in [0.05, 0.1) is 0 Å². The van der Waals surface area contributed by atoms with E-state index in [9.17, 15) is 4.79 Å². The number of para-hydroxylation sites is 1. The number of halogens is 1. The minimum Gasteiger partial charge on any atom is -0.357 e. The van der Waals surface area contributed by atoms with Crippen LogP contribution in [0.1, 0.15) is 31.2 Å². The summed E-state index contributed by atoms with van der Waals surface area (Å²) in [4.78, 5) is 23.1. The minimum absolute atomic E-state index is 0. The molecule has 9 heteroatoms. The van der Waals surface area contributed by atoms with E-state index < -0.39 is 0 Å². The second-order valence-corrected chi connectivity index (χ2v) is 6.45. The molecule has 0 aliphatic carbocycles. The lowest BCUT2D eigenvalue weighted by Gasteiger charge is -2.17. The zero-order chi connectivity index (χ0) is 19.1. The molecule has 0 saturated carbocycles. The SMILES string of the molecule is CCNC(=NCc1ncnn1C)NCCCC(=O)N1CCc2ccccc21.I. The number of aromatic nitrogens is 3. The van der Waals surface area contributed by atoms with Crippen molar-refractivity contribution in [2.45, 2.75) is 32.7 Å². The molecule has 0 bridgehead atoms. The highest BCUT2D eigenvalue weighted by Gasteiger charge is 2.23. The van der Waals surface area contributed by atoms with Crippen LogP contribution in [0.5, 0.6) is 0 Å². The lowest BCUT2D eigenvalue weighted by molar-refractivity contribution is -0.118. The molecule has 0 spiro atoms. The standard InChI is InChI=1S/C19H27N7O.HI/c1-3-20-19(22-13-17-23-14-24-25(17)2)21-11-6-9-18(27)26-12-10-15-7-4-5-8-16(15)26;/h4-5,7-8,14H,3,6,9-13H2,1-2H3,(H2,20,21,22);1H. The van der Waals surface area contributed by atoms with Gasteiger partial charge in [0, 0.05) is 38.8 Å². The van der Waals surface area contributed by atoms with Crippen LogP contribution in [0.4, 0.5) is 5.69 Å². The van der Waals surface area contributed by atoms with Crippen molar-refractivity contribution in [2.75, 3.05) is 24.5 Å². The minimum atomic E-state index is 0. The van der Waals surface area contributed by atoms with Crippen LogP contribution in [-0.2, 0) is 24.8 Å². The lowest BCUT2D eigenvalue weighted by Crippen LogP contribution is -2.38. The van der Waals surface area contributed by atoms with Crippen LogP contribution in [0.3, 0.4) is 0 Å². The number of nitrogens with one attached hydrogen (secondary N) is 2. The third kappa shape index (κ3) is 5.66. The van der Waals surface area contributed by atoms with Gasteiger partial charge in [-0.25, -0.2) is 9.98 Å². The van der Waals surface area contributed by atoms with Gasteiger partial charge in [-0.05, 0) is 31.4 Å². The maximum atomic E-state index is 12.5. The van der Waals surface area contributed by atoms with Gasteiger partial charge < -0.3 is 15.5 Å². The fraction of sp³-hybridized carbons (Fsp3) is 0.474. The quantitative estimate of drug-likeness (QED) is 0.264. The fourth-order valence-electron chi connectivity index (χ4n) is 3.13.